The van der Waals surface area contributed by atoms with E-state index in [4.69, 9.17) is 0 Å². The standard InChI is InChI=1S/C29H28F7N3OS/c1-15-8-20(30)6-7-21(15)22-12-24(39-14-16(2)25(39)41)37-13-23(22)38(5)26(40)27(3,4)17-9-18(28(31,32)33)11-19(10-17)29(34,35)36/h6-13,16,25,41H,14H2,1-5H3. The fraction of sp³-hybridized carbons (Fsp3) is 0.379. The predicted octanol–water partition coefficient (Wildman–Crippen LogP) is 7.89. The van der Waals surface area contributed by atoms with Crippen LogP contribution >= 0.6 is 12.6 Å². The maximum absolute atomic E-state index is 13.9. The average molecular weight is 600 g/mol. The minimum atomic E-state index is -5.06. The molecule has 2 heterocycles. The number of hydrogen-bond donors (Lipinski definition) is 1. The fourth-order valence-corrected chi connectivity index (χ4v) is 5.19. The molecule has 0 aliphatic carbocycles. The number of pyridine rings is 1. The molecule has 1 saturated heterocycles. The van der Waals surface area contributed by atoms with Gasteiger partial charge >= 0.3 is 12.4 Å². The monoisotopic (exact) mass is 599 g/mol. The zero-order valence-corrected chi connectivity index (χ0v) is 23.7. The van der Waals surface area contributed by atoms with E-state index in [1.165, 1.54) is 45.3 Å². The van der Waals surface area contributed by atoms with Gasteiger partial charge in [-0.15, -0.1) is 0 Å². The van der Waals surface area contributed by atoms with Crippen LogP contribution in [0.5, 0.6) is 0 Å². The molecule has 1 aliphatic rings. The molecule has 12 heteroatoms. The van der Waals surface area contributed by atoms with Crippen molar-refractivity contribution in [3.8, 4) is 11.1 Å². The summed E-state index contributed by atoms with van der Waals surface area (Å²) in [6.07, 6.45) is -8.71. The molecule has 0 radical (unpaired) electrons. The molecule has 0 N–H and O–H groups in total. The van der Waals surface area contributed by atoms with E-state index in [1.54, 1.807) is 13.0 Å². The predicted molar refractivity (Wildman–Crippen MR) is 147 cm³/mol. The number of halogens is 7. The van der Waals surface area contributed by atoms with Crippen LogP contribution in [0.3, 0.4) is 0 Å². The number of hydrogen-bond acceptors (Lipinski definition) is 4. The number of alkyl halides is 6. The highest BCUT2D eigenvalue weighted by Gasteiger charge is 2.41. The molecule has 0 saturated carbocycles. The second kappa shape index (κ2) is 10.5. The summed E-state index contributed by atoms with van der Waals surface area (Å²) in [4.78, 5) is 21.4. The second-order valence-electron chi connectivity index (χ2n) is 10.8. The number of benzene rings is 2. The Balaban J connectivity index is 1.82. The molecule has 3 aromatic rings. The zero-order valence-electron chi connectivity index (χ0n) is 22.8. The van der Waals surface area contributed by atoms with E-state index >= 15 is 0 Å². The van der Waals surface area contributed by atoms with Gasteiger partial charge in [0.25, 0.3) is 0 Å². The van der Waals surface area contributed by atoms with Gasteiger partial charge in [0.05, 0.1) is 33.8 Å². The first-order valence-electron chi connectivity index (χ1n) is 12.6. The Hall–Kier alpha value is -3.28. The van der Waals surface area contributed by atoms with Crippen LogP contribution in [0.2, 0.25) is 0 Å². The third-order valence-electron chi connectivity index (χ3n) is 7.46. The van der Waals surface area contributed by atoms with Gasteiger partial charge in [-0.05, 0) is 73.9 Å². The molecule has 0 spiro atoms. The molecule has 1 aromatic heterocycles. The van der Waals surface area contributed by atoms with Crippen LogP contribution in [-0.4, -0.2) is 29.9 Å². The zero-order chi connectivity index (χ0) is 30.7. The first-order valence-corrected chi connectivity index (χ1v) is 13.1. The first kappa shape index (κ1) is 30.7. The van der Waals surface area contributed by atoms with Crippen LogP contribution in [0, 0.1) is 18.7 Å². The van der Waals surface area contributed by atoms with E-state index in [0.717, 1.165) is 4.90 Å². The number of carbonyl (C=O) groups excluding carboxylic acids is 1. The number of anilines is 2. The van der Waals surface area contributed by atoms with Gasteiger partial charge in [0.15, 0.2) is 0 Å². The van der Waals surface area contributed by atoms with Crippen molar-refractivity contribution in [2.24, 2.45) is 5.92 Å². The maximum Gasteiger partial charge on any atom is 0.416 e. The third kappa shape index (κ3) is 5.89. The number of aryl methyl sites for hydroxylation is 1. The topological polar surface area (TPSA) is 36.4 Å². The average Bonchev–Trinajstić information content (AvgIpc) is 2.89. The van der Waals surface area contributed by atoms with Crippen molar-refractivity contribution in [3.63, 3.8) is 0 Å². The van der Waals surface area contributed by atoms with E-state index < -0.39 is 46.2 Å². The van der Waals surface area contributed by atoms with Gasteiger partial charge in [0.1, 0.15) is 11.6 Å². The molecule has 0 bridgehead atoms. The normalized spacial score (nSPS) is 17.8. The van der Waals surface area contributed by atoms with Crippen molar-refractivity contribution in [2.75, 3.05) is 23.4 Å². The molecule has 2 atom stereocenters. The van der Waals surface area contributed by atoms with Gasteiger partial charge in [0.2, 0.25) is 5.91 Å². The lowest BCUT2D eigenvalue weighted by atomic mass is 9.81. The Labute approximate surface area is 238 Å². The van der Waals surface area contributed by atoms with Gasteiger partial charge in [-0.1, -0.05) is 13.0 Å². The highest BCUT2D eigenvalue weighted by molar-refractivity contribution is 7.81. The van der Waals surface area contributed by atoms with Gasteiger partial charge in [0, 0.05) is 25.1 Å². The summed E-state index contributed by atoms with van der Waals surface area (Å²) < 4.78 is 95.2. The highest BCUT2D eigenvalue weighted by atomic mass is 32.1. The van der Waals surface area contributed by atoms with Crippen LogP contribution in [0.25, 0.3) is 11.1 Å². The lowest BCUT2D eigenvalue weighted by Crippen LogP contribution is -2.52. The number of aromatic nitrogens is 1. The number of thiol groups is 1. The molecule has 1 aliphatic heterocycles. The van der Waals surface area contributed by atoms with Crippen LogP contribution < -0.4 is 9.80 Å². The molecule has 4 nitrogen and oxygen atoms in total. The SMILES string of the molecule is Cc1cc(F)ccc1-c1cc(N2CC(C)C2S)ncc1N(C)C(=O)C(C)(C)c1cc(C(F)(F)F)cc(C(F)(F)F)c1. The number of rotatable bonds is 5. The van der Waals surface area contributed by atoms with Gasteiger partial charge in [-0.3, -0.25) is 4.79 Å². The van der Waals surface area contributed by atoms with E-state index in [9.17, 15) is 35.5 Å². The Morgan fingerprint density at radius 1 is 0.951 bits per heavy atom. The molecule has 1 fully saturated rings. The molecule has 2 aromatic carbocycles. The number of likely N-dealkylation sites (N-methyl/N-ethyl adjacent to an activating group) is 1. The van der Waals surface area contributed by atoms with E-state index in [2.05, 4.69) is 17.6 Å². The Morgan fingerprint density at radius 2 is 1.51 bits per heavy atom. The van der Waals surface area contributed by atoms with Crippen molar-refractivity contribution < 1.29 is 35.5 Å². The summed E-state index contributed by atoms with van der Waals surface area (Å²) in [7, 11) is 1.37. The van der Waals surface area contributed by atoms with Gasteiger partial charge in [-0.25, -0.2) is 9.37 Å². The molecule has 1 amide bonds. The molecule has 2 unspecified atom stereocenters. The Kier molecular flexibility index (Phi) is 7.87. The van der Waals surface area contributed by atoms with Crippen LogP contribution in [-0.2, 0) is 22.6 Å². The van der Waals surface area contributed by atoms with Crippen LogP contribution in [0.4, 0.5) is 42.2 Å². The lowest BCUT2D eigenvalue weighted by Gasteiger charge is -2.45. The molecule has 4 rings (SSSR count). The van der Waals surface area contributed by atoms with Crippen molar-refractivity contribution >= 4 is 30.0 Å². The smallest absolute Gasteiger partial charge is 0.344 e. The van der Waals surface area contributed by atoms with Crippen molar-refractivity contribution in [2.45, 2.75) is 50.8 Å². The van der Waals surface area contributed by atoms with Crippen molar-refractivity contribution in [3.05, 3.63) is 76.7 Å². The second-order valence-corrected chi connectivity index (χ2v) is 11.4. The largest absolute Gasteiger partial charge is 0.416 e. The lowest BCUT2D eigenvalue weighted by molar-refractivity contribution is -0.143. The highest BCUT2D eigenvalue weighted by Crippen LogP contribution is 2.42. The molecular weight excluding hydrogens is 571 g/mol. The van der Waals surface area contributed by atoms with Crippen LogP contribution in [0.1, 0.15) is 43.0 Å². The number of amides is 1. The van der Waals surface area contributed by atoms with Crippen molar-refractivity contribution in [1.82, 2.24) is 4.98 Å². The van der Waals surface area contributed by atoms with E-state index in [-0.39, 0.29) is 17.1 Å². The third-order valence-corrected chi connectivity index (χ3v) is 8.25. The Bertz CT molecular complexity index is 1450. The minimum Gasteiger partial charge on any atom is -0.344 e. The molecular formula is C29H28F7N3OS. The Morgan fingerprint density at radius 3 is 2.00 bits per heavy atom. The van der Waals surface area contributed by atoms with E-state index in [1.807, 2.05) is 11.8 Å². The first-order chi connectivity index (χ1) is 18.8. The summed E-state index contributed by atoms with van der Waals surface area (Å²) in [5.74, 6) is -0.386. The summed E-state index contributed by atoms with van der Waals surface area (Å²) in [5.41, 5.74) is -3.43. The molecule has 41 heavy (non-hydrogen) atoms. The number of carbonyl (C=O) groups is 1. The summed E-state index contributed by atoms with van der Waals surface area (Å²) in [6.45, 7) is 6.92. The van der Waals surface area contributed by atoms with Gasteiger partial charge < -0.3 is 9.80 Å². The number of nitrogens with zero attached hydrogens (tertiary/aromatic N) is 3. The summed E-state index contributed by atoms with van der Waals surface area (Å²) >= 11 is 4.59. The summed E-state index contributed by atoms with van der Waals surface area (Å²) in [6, 6.07) is 6.98. The van der Waals surface area contributed by atoms with Crippen molar-refractivity contribution in [1.29, 1.82) is 0 Å². The van der Waals surface area contributed by atoms with Gasteiger partial charge in [-0.2, -0.15) is 39.0 Å². The summed E-state index contributed by atoms with van der Waals surface area (Å²) in [5, 5.41) is -0.0995. The minimum absolute atomic E-state index is 0.0250. The maximum atomic E-state index is 13.9. The van der Waals surface area contributed by atoms with Crippen LogP contribution in [0.15, 0.2) is 48.7 Å². The quantitative estimate of drug-likeness (QED) is 0.240. The molecule has 220 valence electrons. The fourth-order valence-electron chi connectivity index (χ4n) is 4.89. The van der Waals surface area contributed by atoms with E-state index in [0.29, 0.717) is 47.1 Å².